The van der Waals surface area contributed by atoms with E-state index >= 15 is 0 Å². The zero-order valence-corrected chi connectivity index (χ0v) is 16.2. The van der Waals surface area contributed by atoms with E-state index in [9.17, 15) is 5.11 Å². The molecule has 3 aliphatic rings. The van der Waals surface area contributed by atoms with E-state index in [0.29, 0.717) is 30.6 Å². The van der Waals surface area contributed by atoms with Gasteiger partial charge in [-0.15, -0.1) is 5.92 Å². The van der Waals surface area contributed by atoms with E-state index in [4.69, 9.17) is 5.11 Å². The number of aryl methyl sites for hydroxylation is 2. The average Bonchev–Trinajstić information content (AvgIpc) is 2.90. The predicted molar refractivity (Wildman–Crippen MR) is 105 cm³/mol. The summed E-state index contributed by atoms with van der Waals surface area (Å²) in [7, 11) is 0. The van der Waals surface area contributed by atoms with Gasteiger partial charge in [-0.25, -0.2) is 0 Å². The van der Waals surface area contributed by atoms with Gasteiger partial charge in [0.25, 0.3) is 0 Å². The Balaban J connectivity index is 1.60. The van der Waals surface area contributed by atoms with Crippen LogP contribution in [0.15, 0.2) is 18.2 Å². The van der Waals surface area contributed by atoms with Crippen molar-refractivity contribution in [2.75, 3.05) is 6.61 Å². The van der Waals surface area contributed by atoms with Crippen LogP contribution in [0.1, 0.15) is 74.5 Å². The fraction of sp³-hybridized carbons (Fsp3) is 0.667. The molecule has 0 amide bonds. The van der Waals surface area contributed by atoms with Crippen molar-refractivity contribution in [2.45, 2.75) is 76.7 Å². The predicted octanol–water partition coefficient (Wildman–Crippen LogP) is 4.36. The van der Waals surface area contributed by atoms with E-state index in [2.05, 4.69) is 43.9 Å². The van der Waals surface area contributed by atoms with Crippen LogP contribution < -0.4 is 0 Å². The smallest absolute Gasteiger partial charge is 0.131 e. The maximum Gasteiger partial charge on any atom is 0.131 e. The molecule has 2 fully saturated rings. The summed E-state index contributed by atoms with van der Waals surface area (Å²) in [5, 5.41) is 20.4. The Labute approximate surface area is 158 Å². The minimum atomic E-state index is -0.842. The highest BCUT2D eigenvalue weighted by atomic mass is 16.3. The first-order valence-corrected chi connectivity index (χ1v) is 10.4. The van der Waals surface area contributed by atoms with Crippen molar-refractivity contribution < 1.29 is 10.2 Å². The van der Waals surface area contributed by atoms with Crippen LogP contribution in [0, 0.1) is 36.0 Å². The summed E-state index contributed by atoms with van der Waals surface area (Å²) in [4.78, 5) is 0. The zero-order valence-electron chi connectivity index (χ0n) is 16.2. The number of hydrogen-bond donors (Lipinski definition) is 2. The molecule has 2 N–H and O–H groups in total. The molecule has 2 heteroatoms. The van der Waals surface area contributed by atoms with Crippen molar-refractivity contribution in [1.29, 1.82) is 0 Å². The third-order valence-electron chi connectivity index (χ3n) is 7.79. The van der Waals surface area contributed by atoms with Gasteiger partial charge in [0.2, 0.25) is 0 Å². The number of fused-ring (bicyclic) bond motifs is 5. The highest BCUT2D eigenvalue weighted by Crippen LogP contribution is 2.64. The molecule has 5 atom stereocenters. The maximum absolute atomic E-state index is 11.4. The first-order valence-electron chi connectivity index (χ1n) is 10.4. The van der Waals surface area contributed by atoms with Crippen molar-refractivity contribution >= 4 is 0 Å². The lowest BCUT2D eigenvalue weighted by molar-refractivity contribution is -0.0648. The average molecular weight is 353 g/mol. The molecule has 0 aliphatic heterocycles. The standard InChI is InChI=1S/C24H32O2/c1-17-6-8-19-18(16-17)7-9-21-20(19)10-13-23(2)22(21)11-14-24(23,26)12-4-3-5-15-25/h6,8,16,20-22,25-26H,3,5,7,9-11,13-15H2,1-2H3/t20-,21-,22+,23+,24+/m1/s1. The Kier molecular flexibility index (Phi) is 4.66. The lowest BCUT2D eigenvalue weighted by atomic mass is 9.53. The van der Waals surface area contributed by atoms with Crippen LogP contribution in [0.4, 0.5) is 0 Å². The van der Waals surface area contributed by atoms with Crippen LogP contribution >= 0.6 is 0 Å². The molecule has 0 radical (unpaired) electrons. The molecule has 1 aromatic rings. The van der Waals surface area contributed by atoms with Gasteiger partial charge in [-0.1, -0.05) is 36.6 Å². The summed E-state index contributed by atoms with van der Waals surface area (Å²) in [5.41, 5.74) is 3.59. The number of aliphatic hydroxyl groups is 2. The van der Waals surface area contributed by atoms with E-state index in [0.717, 1.165) is 19.3 Å². The summed E-state index contributed by atoms with van der Waals surface area (Å²) >= 11 is 0. The van der Waals surface area contributed by atoms with Crippen LogP contribution in [0.25, 0.3) is 0 Å². The molecule has 0 unspecified atom stereocenters. The highest BCUT2D eigenvalue weighted by molar-refractivity contribution is 5.38. The topological polar surface area (TPSA) is 40.5 Å². The number of unbranched alkanes of at least 4 members (excludes halogenated alkanes) is 1. The van der Waals surface area contributed by atoms with Crippen LogP contribution in [-0.2, 0) is 6.42 Å². The number of benzene rings is 1. The molecule has 0 spiro atoms. The van der Waals surface area contributed by atoms with E-state index in [-0.39, 0.29) is 12.0 Å². The van der Waals surface area contributed by atoms with Crippen molar-refractivity contribution in [3.8, 4) is 11.8 Å². The summed E-state index contributed by atoms with van der Waals surface area (Å²) in [6.07, 6.45) is 7.98. The van der Waals surface area contributed by atoms with E-state index in [1.807, 2.05) is 0 Å². The molecular formula is C24H32O2. The van der Waals surface area contributed by atoms with Gasteiger partial charge in [-0.05, 0) is 80.8 Å². The molecule has 26 heavy (non-hydrogen) atoms. The second-order valence-corrected chi connectivity index (χ2v) is 9.10. The molecule has 4 rings (SSSR count). The van der Waals surface area contributed by atoms with Crippen molar-refractivity contribution in [3.63, 3.8) is 0 Å². The third kappa shape index (κ3) is 2.72. The summed E-state index contributed by atoms with van der Waals surface area (Å²) in [5.74, 6) is 8.35. The SMILES string of the molecule is Cc1ccc2c(c1)CC[C@@H]1[C@@H]2CC[C@@]2(C)[C@H]1CC[C@@]2(O)C#CCCCO. The second-order valence-electron chi connectivity index (χ2n) is 9.10. The molecule has 2 saturated carbocycles. The molecular weight excluding hydrogens is 320 g/mol. The Morgan fingerprint density at radius 3 is 2.85 bits per heavy atom. The molecule has 0 aromatic heterocycles. The van der Waals surface area contributed by atoms with Crippen LogP contribution in [0.2, 0.25) is 0 Å². The molecule has 0 bridgehead atoms. The quantitative estimate of drug-likeness (QED) is 0.613. The van der Waals surface area contributed by atoms with Gasteiger partial charge in [0.15, 0.2) is 0 Å². The van der Waals surface area contributed by atoms with Gasteiger partial charge < -0.3 is 10.2 Å². The first kappa shape index (κ1) is 18.1. The zero-order chi connectivity index (χ0) is 18.4. The first-order chi connectivity index (χ1) is 12.5. The fourth-order valence-electron chi connectivity index (χ4n) is 6.31. The molecule has 0 saturated heterocycles. The van der Waals surface area contributed by atoms with Gasteiger partial charge in [0.1, 0.15) is 5.60 Å². The Morgan fingerprint density at radius 2 is 2.04 bits per heavy atom. The highest BCUT2D eigenvalue weighted by Gasteiger charge is 2.61. The summed E-state index contributed by atoms with van der Waals surface area (Å²) in [6, 6.07) is 7.03. The monoisotopic (exact) mass is 352 g/mol. The normalized spacial score (nSPS) is 37.9. The Bertz CT molecular complexity index is 742. The van der Waals surface area contributed by atoms with Crippen LogP contribution in [-0.4, -0.2) is 22.4 Å². The van der Waals surface area contributed by atoms with Crippen LogP contribution in [0.3, 0.4) is 0 Å². The van der Waals surface area contributed by atoms with Gasteiger partial charge in [-0.3, -0.25) is 0 Å². The summed E-state index contributed by atoms with van der Waals surface area (Å²) < 4.78 is 0. The van der Waals surface area contributed by atoms with Crippen molar-refractivity contribution in [3.05, 3.63) is 34.9 Å². The Morgan fingerprint density at radius 1 is 1.19 bits per heavy atom. The fourth-order valence-corrected chi connectivity index (χ4v) is 6.31. The van der Waals surface area contributed by atoms with Crippen molar-refractivity contribution in [2.24, 2.45) is 17.3 Å². The minimum Gasteiger partial charge on any atom is -0.396 e. The van der Waals surface area contributed by atoms with Gasteiger partial charge in [-0.2, -0.15) is 0 Å². The van der Waals surface area contributed by atoms with Gasteiger partial charge in [0, 0.05) is 18.4 Å². The molecule has 1 aromatic carbocycles. The van der Waals surface area contributed by atoms with Crippen LogP contribution in [0.5, 0.6) is 0 Å². The Hall–Kier alpha value is -1.30. The van der Waals surface area contributed by atoms with Gasteiger partial charge in [0.05, 0.1) is 0 Å². The molecule has 0 heterocycles. The molecule has 140 valence electrons. The van der Waals surface area contributed by atoms with E-state index in [1.165, 1.54) is 24.8 Å². The second kappa shape index (κ2) is 6.70. The number of hydrogen-bond acceptors (Lipinski definition) is 2. The van der Waals surface area contributed by atoms with E-state index in [1.54, 1.807) is 11.1 Å². The van der Waals surface area contributed by atoms with Gasteiger partial charge >= 0.3 is 0 Å². The third-order valence-corrected chi connectivity index (χ3v) is 7.79. The molecule has 3 aliphatic carbocycles. The van der Waals surface area contributed by atoms with E-state index < -0.39 is 5.60 Å². The minimum absolute atomic E-state index is 0.0808. The lowest BCUT2D eigenvalue weighted by Crippen LogP contribution is -2.50. The summed E-state index contributed by atoms with van der Waals surface area (Å²) in [6.45, 7) is 4.67. The lowest BCUT2D eigenvalue weighted by Gasteiger charge is -2.52. The maximum atomic E-state index is 11.4. The largest absolute Gasteiger partial charge is 0.396 e. The number of rotatable bonds is 2. The van der Waals surface area contributed by atoms with Crippen molar-refractivity contribution in [1.82, 2.24) is 0 Å². The molecule has 2 nitrogen and oxygen atoms in total. The number of aliphatic hydroxyl groups excluding tert-OH is 1.